The normalized spacial score (nSPS) is 10.6. The molecule has 0 bridgehead atoms. The molecule has 1 aromatic heterocycles. The van der Waals surface area contributed by atoms with Gasteiger partial charge in [0, 0.05) is 5.02 Å². The van der Waals surface area contributed by atoms with Crippen molar-refractivity contribution in [3.63, 3.8) is 0 Å². The summed E-state index contributed by atoms with van der Waals surface area (Å²) in [5.41, 5.74) is 2.63. The van der Waals surface area contributed by atoms with E-state index >= 15 is 0 Å². The van der Waals surface area contributed by atoms with Gasteiger partial charge in [-0.3, -0.25) is 0 Å². The van der Waals surface area contributed by atoms with E-state index in [0.29, 0.717) is 16.6 Å². The van der Waals surface area contributed by atoms with Crippen LogP contribution in [0.3, 0.4) is 0 Å². The van der Waals surface area contributed by atoms with Crippen molar-refractivity contribution in [1.29, 1.82) is 0 Å². The first kappa shape index (κ1) is 15.4. The molecule has 118 valence electrons. The molecule has 0 aliphatic carbocycles. The Balaban J connectivity index is 2.16. The highest BCUT2D eigenvalue weighted by molar-refractivity contribution is 6.31. The largest absolute Gasteiger partial charge is 0.497 e. The highest BCUT2D eigenvalue weighted by Gasteiger charge is 2.15. The summed E-state index contributed by atoms with van der Waals surface area (Å²) >= 11 is 6.23. The zero-order valence-electron chi connectivity index (χ0n) is 13.1. The smallest absolute Gasteiger partial charge is 0.167 e. The maximum atomic E-state index is 6.23. The Morgan fingerprint density at radius 2 is 1.87 bits per heavy atom. The second-order valence-corrected chi connectivity index (χ2v) is 5.40. The van der Waals surface area contributed by atoms with Crippen LogP contribution in [0.4, 0.5) is 0 Å². The minimum absolute atomic E-state index is 0.653. The van der Waals surface area contributed by atoms with Crippen LogP contribution in [0.2, 0.25) is 5.02 Å². The van der Waals surface area contributed by atoms with Crippen molar-refractivity contribution in [1.82, 2.24) is 14.8 Å². The third-order valence-electron chi connectivity index (χ3n) is 3.60. The minimum Gasteiger partial charge on any atom is -0.497 e. The molecule has 0 aliphatic rings. The molecule has 0 fully saturated rings. The molecule has 3 aromatic rings. The van der Waals surface area contributed by atoms with Gasteiger partial charge < -0.3 is 9.47 Å². The summed E-state index contributed by atoms with van der Waals surface area (Å²) in [5, 5.41) is 5.00. The third kappa shape index (κ3) is 2.87. The van der Waals surface area contributed by atoms with Crippen LogP contribution in [0, 0.1) is 6.92 Å². The van der Waals surface area contributed by atoms with Gasteiger partial charge in [-0.15, -0.1) is 0 Å². The Bertz CT molecular complexity index is 846. The van der Waals surface area contributed by atoms with Crippen molar-refractivity contribution in [2.45, 2.75) is 6.92 Å². The van der Waals surface area contributed by atoms with Gasteiger partial charge in [0.2, 0.25) is 0 Å². The van der Waals surface area contributed by atoms with E-state index in [1.165, 1.54) is 6.33 Å². The molecule has 0 N–H and O–H groups in total. The molecule has 0 amide bonds. The lowest BCUT2D eigenvalue weighted by molar-refractivity contribution is 0.404. The molecule has 6 heteroatoms. The van der Waals surface area contributed by atoms with Crippen LogP contribution >= 0.6 is 11.6 Å². The first-order valence-electron chi connectivity index (χ1n) is 7.03. The van der Waals surface area contributed by atoms with E-state index in [2.05, 4.69) is 10.1 Å². The fourth-order valence-corrected chi connectivity index (χ4v) is 2.49. The average molecular weight is 330 g/mol. The minimum atomic E-state index is 0.653. The molecule has 0 spiro atoms. The molecular weight excluding hydrogens is 314 g/mol. The van der Waals surface area contributed by atoms with E-state index in [-0.39, 0.29) is 0 Å². The van der Waals surface area contributed by atoms with Crippen molar-refractivity contribution >= 4 is 11.6 Å². The standard InChI is InChI=1S/C17H16ClN3O2/c1-11-4-5-12(8-15(11)18)21-17(19-10-20-21)14-9-13(22-2)6-7-16(14)23-3/h4-10H,1-3H3. The summed E-state index contributed by atoms with van der Waals surface area (Å²) in [7, 11) is 3.24. The average Bonchev–Trinajstić information content (AvgIpc) is 3.06. The molecule has 5 nitrogen and oxygen atoms in total. The second kappa shape index (κ2) is 6.30. The lowest BCUT2D eigenvalue weighted by atomic mass is 10.1. The highest BCUT2D eigenvalue weighted by atomic mass is 35.5. The van der Waals surface area contributed by atoms with Gasteiger partial charge in [0.1, 0.15) is 17.8 Å². The summed E-state index contributed by atoms with van der Waals surface area (Å²) in [5.74, 6) is 2.07. The van der Waals surface area contributed by atoms with Crippen molar-refractivity contribution < 1.29 is 9.47 Å². The van der Waals surface area contributed by atoms with Gasteiger partial charge in [-0.2, -0.15) is 5.10 Å². The van der Waals surface area contributed by atoms with Gasteiger partial charge in [-0.25, -0.2) is 9.67 Å². The summed E-state index contributed by atoms with van der Waals surface area (Å²) in [6.45, 7) is 1.96. The maximum Gasteiger partial charge on any atom is 0.167 e. The van der Waals surface area contributed by atoms with Crippen molar-refractivity contribution in [3.05, 3.63) is 53.3 Å². The number of nitrogens with zero attached hydrogens (tertiary/aromatic N) is 3. The molecule has 1 heterocycles. The van der Waals surface area contributed by atoms with Crippen LogP contribution in [0.5, 0.6) is 11.5 Å². The number of halogens is 1. The van der Waals surface area contributed by atoms with E-state index in [4.69, 9.17) is 21.1 Å². The summed E-state index contributed by atoms with van der Waals surface area (Å²) in [4.78, 5) is 4.37. The van der Waals surface area contributed by atoms with E-state index in [0.717, 1.165) is 22.6 Å². The third-order valence-corrected chi connectivity index (χ3v) is 4.00. The fourth-order valence-electron chi connectivity index (χ4n) is 2.32. The van der Waals surface area contributed by atoms with Crippen LogP contribution in [0.25, 0.3) is 17.1 Å². The maximum absolute atomic E-state index is 6.23. The Kier molecular flexibility index (Phi) is 4.21. The number of hydrogen-bond acceptors (Lipinski definition) is 4. The molecular formula is C17H16ClN3O2. The molecule has 0 radical (unpaired) electrons. The van der Waals surface area contributed by atoms with Gasteiger partial charge in [-0.1, -0.05) is 17.7 Å². The summed E-state index contributed by atoms with van der Waals surface area (Å²) in [6, 6.07) is 11.3. The van der Waals surface area contributed by atoms with Gasteiger partial charge in [-0.05, 0) is 42.8 Å². The van der Waals surface area contributed by atoms with Crippen LogP contribution in [-0.2, 0) is 0 Å². The number of ether oxygens (including phenoxy) is 2. The number of methoxy groups -OCH3 is 2. The number of benzene rings is 2. The first-order chi connectivity index (χ1) is 11.1. The summed E-state index contributed by atoms with van der Waals surface area (Å²) < 4.78 is 12.5. The topological polar surface area (TPSA) is 49.2 Å². The van der Waals surface area contributed by atoms with Crippen molar-refractivity contribution in [2.75, 3.05) is 14.2 Å². The van der Waals surface area contributed by atoms with Crippen LogP contribution < -0.4 is 9.47 Å². The van der Waals surface area contributed by atoms with E-state index in [9.17, 15) is 0 Å². The monoisotopic (exact) mass is 329 g/mol. The Hall–Kier alpha value is -2.53. The Morgan fingerprint density at radius 1 is 1.04 bits per heavy atom. The molecule has 0 saturated carbocycles. The Morgan fingerprint density at radius 3 is 2.57 bits per heavy atom. The Labute approximate surface area is 139 Å². The molecule has 23 heavy (non-hydrogen) atoms. The summed E-state index contributed by atoms with van der Waals surface area (Å²) in [6.07, 6.45) is 1.50. The van der Waals surface area contributed by atoms with Crippen LogP contribution in [-0.4, -0.2) is 29.0 Å². The lowest BCUT2D eigenvalue weighted by Gasteiger charge is -2.12. The van der Waals surface area contributed by atoms with Crippen molar-refractivity contribution in [2.24, 2.45) is 0 Å². The van der Waals surface area contributed by atoms with Crippen molar-refractivity contribution in [3.8, 4) is 28.6 Å². The predicted molar refractivity (Wildman–Crippen MR) is 89.6 cm³/mol. The lowest BCUT2D eigenvalue weighted by Crippen LogP contribution is -2.01. The molecule has 0 unspecified atom stereocenters. The molecule has 3 rings (SSSR count). The van der Waals surface area contributed by atoms with Gasteiger partial charge in [0.05, 0.1) is 25.5 Å². The number of rotatable bonds is 4. The van der Waals surface area contributed by atoms with E-state index in [1.54, 1.807) is 18.9 Å². The predicted octanol–water partition coefficient (Wildman–Crippen LogP) is 3.91. The fraction of sp³-hybridized carbons (Fsp3) is 0.176. The molecule has 0 atom stereocenters. The highest BCUT2D eigenvalue weighted by Crippen LogP contribution is 2.33. The van der Waals surface area contributed by atoms with Gasteiger partial charge in [0.15, 0.2) is 5.82 Å². The zero-order valence-corrected chi connectivity index (χ0v) is 13.8. The molecule has 0 saturated heterocycles. The number of hydrogen-bond donors (Lipinski definition) is 0. The van der Waals surface area contributed by atoms with Crippen LogP contribution in [0.15, 0.2) is 42.7 Å². The van der Waals surface area contributed by atoms with E-state index in [1.807, 2.05) is 43.3 Å². The molecule has 2 aromatic carbocycles. The van der Waals surface area contributed by atoms with Gasteiger partial charge >= 0.3 is 0 Å². The molecule has 0 aliphatic heterocycles. The second-order valence-electron chi connectivity index (χ2n) is 5.00. The van der Waals surface area contributed by atoms with Gasteiger partial charge in [0.25, 0.3) is 0 Å². The number of aryl methyl sites for hydroxylation is 1. The quantitative estimate of drug-likeness (QED) is 0.728. The number of aromatic nitrogens is 3. The zero-order chi connectivity index (χ0) is 16.4. The SMILES string of the molecule is COc1ccc(OC)c(-c2ncnn2-c2ccc(C)c(Cl)c2)c1. The van der Waals surface area contributed by atoms with Crippen LogP contribution in [0.1, 0.15) is 5.56 Å². The van der Waals surface area contributed by atoms with E-state index < -0.39 is 0 Å². The first-order valence-corrected chi connectivity index (χ1v) is 7.40.